The third-order valence-corrected chi connectivity index (χ3v) is 5.67. The molecule has 1 aliphatic heterocycles. The molecule has 4 rings (SSSR count). The Labute approximate surface area is 163 Å². The van der Waals surface area contributed by atoms with Gasteiger partial charge in [0, 0.05) is 51.3 Å². The number of hydrogen-bond acceptors (Lipinski definition) is 5. The lowest BCUT2D eigenvalue weighted by Gasteiger charge is -2.22. The first-order valence-electron chi connectivity index (χ1n) is 9.24. The topological polar surface area (TPSA) is 54.3 Å². The number of nitrogens with zero attached hydrogens (tertiary/aromatic N) is 5. The third-order valence-electron chi connectivity index (χ3n) is 4.78. The zero-order valence-corrected chi connectivity index (χ0v) is 16.0. The van der Waals surface area contributed by atoms with Crippen LogP contribution >= 0.6 is 11.3 Å². The maximum atomic E-state index is 12.7. The van der Waals surface area contributed by atoms with Crippen LogP contribution in [0.15, 0.2) is 54.3 Å². The molecule has 1 saturated heterocycles. The Balaban J connectivity index is 1.32. The van der Waals surface area contributed by atoms with Gasteiger partial charge in [0.2, 0.25) is 5.91 Å². The van der Waals surface area contributed by atoms with E-state index in [4.69, 9.17) is 0 Å². The van der Waals surface area contributed by atoms with Gasteiger partial charge in [-0.3, -0.25) is 19.4 Å². The molecule has 1 amide bonds. The van der Waals surface area contributed by atoms with Crippen LogP contribution in [0, 0.1) is 0 Å². The van der Waals surface area contributed by atoms with Gasteiger partial charge in [-0.25, -0.2) is 0 Å². The van der Waals surface area contributed by atoms with Crippen molar-refractivity contribution in [2.45, 2.75) is 19.5 Å². The average molecular weight is 382 g/mol. The number of hydrogen-bond donors (Lipinski definition) is 0. The van der Waals surface area contributed by atoms with Crippen LogP contribution < -0.4 is 0 Å². The van der Waals surface area contributed by atoms with E-state index >= 15 is 0 Å². The van der Waals surface area contributed by atoms with Gasteiger partial charge in [-0.05, 0) is 35.6 Å². The van der Waals surface area contributed by atoms with Crippen molar-refractivity contribution in [3.05, 3.63) is 59.9 Å². The first-order chi connectivity index (χ1) is 13.3. The highest BCUT2D eigenvalue weighted by Gasteiger charge is 2.20. The van der Waals surface area contributed by atoms with Crippen LogP contribution in [0.5, 0.6) is 0 Å². The maximum Gasteiger partial charge on any atom is 0.244 e. The smallest absolute Gasteiger partial charge is 0.244 e. The molecule has 1 aliphatic rings. The van der Waals surface area contributed by atoms with E-state index in [1.54, 1.807) is 22.2 Å². The molecule has 4 heterocycles. The van der Waals surface area contributed by atoms with Crippen molar-refractivity contribution in [3.8, 4) is 10.6 Å². The number of aromatic nitrogens is 3. The van der Waals surface area contributed by atoms with Crippen LogP contribution in [0.4, 0.5) is 0 Å². The summed E-state index contributed by atoms with van der Waals surface area (Å²) in [5.41, 5.74) is 2.14. The molecule has 0 spiro atoms. The minimum Gasteiger partial charge on any atom is -0.340 e. The van der Waals surface area contributed by atoms with Crippen molar-refractivity contribution in [2.24, 2.45) is 0 Å². The van der Waals surface area contributed by atoms with Crippen molar-refractivity contribution < 1.29 is 4.79 Å². The second-order valence-corrected chi connectivity index (χ2v) is 7.70. The molecule has 0 radical (unpaired) electrons. The zero-order valence-electron chi connectivity index (χ0n) is 15.2. The monoisotopic (exact) mass is 381 g/mol. The summed E-state index contributed by atoms with van der Waals surface area (Å²) >= 11 is 1.66. The predicted octanol–water partition coefficient (Wildman–Crippen LogP) is 2.74. The molecule has 3 aromatic heterocycles. The molecule has 0 atom stereocenters. The lowest BCUT2D eigenvalue weighted by atomic mass is 10.2. The second-order valence-electron chi connectivity index (χ2n) is 6.75. The van der Waals surface area contributed by atoms with Crippen LogP contribution in [0.25, 0.3) is 10.6 Å². The molecule has 0 saturated carbocycles. The molecule has 0 aromatic carbocycles. The summed E-state index contributed by atoms with van der Waals surface area (Å²) in [6.07, 6.45) is 6.59. The summed E-state index contributed by atoms with van der Waals surface area (Å²) in [5, 5.41) is 6.58. The van der Waals surface area contributed by atoms with E-state index in [1.165, 1.54) is 5.56 Å². The highest BCUT2D eigenvalue weighted by molar-refractivity contribution is 7.13. The second kappa shape index (κ2) is 8.45. The summed E-state index contributed by atoms with van der Waals surface area (Å²) in [5.74, 6) is 0.138. The molecule has 0 aliphatic carbocycles. The van der Waals surface area contributed by atoms with Gasteiger partial charge < -0.3 is 4.90 Å². The maximum absolute atomic E-state index is 12.7. The van der Waals surface area contributed by atoms with Gasteiger partial charge in [0.05, 0.1) is 4.88 Å². The van der Waals surface area contributed by atoms with Gasteiger partial charge in [0.25, 0.3) is 0 Å². The molecular weight excluding hydrogens is 358 g/mol. The molecule has 3 aromatic rings. The van der Waals surface area contributed by atoms with Crippen LogP contribution in [0.2, 0.25) is 0 Å². The van der Waals surface area contributed by atoms with E-state index in [1.807, 2.05) is 46.9 Å². The van der Waals surface area contributed by atoms with E-state index in [0.29, 0.717) is 6.54 Å². The van der Waals surface area contributed by atoms with Gasteiger partial charge in [0.15, 0.2) is 0 Å². The molecule has 0 bridgehead atoms. The predicted molar refractivity (Wildman–Crippen MR) is 106 cm³/mol. The average Bonchev–Trinajstić information content (AvgIpc) is 3.32. The van der Waals surface area contributed by atoms with Crippen molar-refractivity contribution in [2.75, 3.05) is 26.2 Å². The quantitative estimate of drug-likeness (QED) is 0.682. The van der Waals surface area contributed by atoms with Crippen LogP contribution in [0.1, 0.15) is 12.0 Å². The van der Waals surface area contributed by atoms with Gasteiger partial charge >= 0.3 is 0 Å². The lowest BCUT2D eigenvalue weighted by molar-refractivity contribution is -0.131. The minimum absolute atomic E-state index is 0.138. The zero-order chi connectivity index (χ0) is 18.5. The van der Waals surface area contributed by atoms with Crippen molar-refractivity contribution >= 4 is 17.2 Å². The molecule has 6 nitrogen and oxygen atoms in total. The first-order valence-corrected chi connectivity index (χ1v) is 10.1. The largest absolute Gasteiger partial charge is 0.340 e. The van der Waals surface area contributed by atoms with Gasteiger partial charge in [0.1, 0.15) is 12.2 Å². The first kappa shape index (κ1) is 17.9. The van der Waals surface area contributed by atoms with Crippen molar-refractivity contribution in [1.29, 1.82) is 0 Å². The Hall–Kier alpha value is -2.51. The number of pyridine rings is 1. The summed E-state index contributed by atoms with van der Waals surface area (Å²) in [4.78, 5) is 22.4. The molecule has 0 N–H and O–H groups in total. The number of rotatable bonds is 5. The Bertz CT molecular complexity index is 862. The van der Waals surface area contributed by atoms with Gasteiger partial charge in [-0.15, -0.1) is 11.3 Å². The van der Waals surface area contributed by atoms with Crippen molar-refractivity contribution in [1.82, 2.24) is 24.6 Å². The fourth-order valence-electron chi connectivity index (χ4n) is 3.37. The van der Waals surface area contributed by atoms with Crippen LogP contribution in [-0.2, 0) is 17.9 Å². The standard InChI is InChI=1S/C20H23N5OS/c26-20(16-25-10-6-18(22-25)19-5-2-13-27-19)24-9-3-8-23(11-12-24)15-17-4-1-7-21-14-17/h1-2,4-7,10,13-14H,3,8-9,11-12,15-16H2. The highest BCUT2D eigenvalue weighted by atomic mass is 32.1. The van der Waals surface area contributed by atoms with E-state index < -0.39 is 0 Å². The Kier molecular flexibility index (Phi) is 5.60. The fourth-order valence-corrected chi connectivity index (χ4v) is 4.06. The highest BCUT2D eigenvalue weighted by Crippen LogP contribution is 2.22. The van der Waals surface area contributed by atoms with E-state index in [2.05, 4.69) is 21.0 Å². The Morgan fingerprint density at radius 1 is 1.11 bits per heavy atom. The molecule has 7 heteroatoms. The van der Waals surface area contributed by atoms with Crippen LogP contribution in [0.3, 0.4) is 0 Å². The molecule has 0 unspecified atom stereocenters. The van der Waals surface area contributed by atoms with Crippen molar-refractivity contribution in [3.63, 3.8) is 0 Å². The lowest BCUT2D eigenvalue weighted by Crippen LogP contribution is -2.37. The summed E-state index contributed by atoms with van der Waals surface area (Å²) in [7, 11) is 0. The molecule has 140 valence electrons. The third kappa shape index (κ3) is 4.61. The van der Waals surface area contributed by atoms with Crippen LogP contribution in [-0.4, -0.2) is 56.7 Å². The SMILES string of the molecule is O=C(Cn1ccc(-c2cccs2)n1)N1CCCN(Cc2cccnc2)CC1. The molecule has 27 heavy (non-hydrogen) atoms. The summed E-state index contributed by atoms with van der Waals surface area (Å²) in [6, 6.07) is 10.1. The van der Waals surface area contributed by atoms with E-state index in [9.17, 15) is 4.79 Å². The fraction of sp³-hybridized carbons (Fsp3) is 0.350. The van der Waals surface area contributed by atoms with E-state index in [0.717, 1.165) is 49.7 Å². The number of amides is 1. The Morgan fingerprint density at radius 3 is 2.89 bits per heavy atom. The molecular formula is C20H23N5OS. The van der Waals surface area contributed by atoms with Gasteiger partial charge in [-0.1, -0.05) is 12.1 Å². The summed E-state index contributed by atoms with van der Waals surface area (Å²) in [6.45, 7) is 4.65. The normalized spacial score (nSPS) is 15.6. The summed E-state index contributed by atoms with van der Waals surface area (Å²) < 4.78 is 1.75. The van der Waals surface area contributed by atoms with E-state index in [-0.39, 0.29) is 5.91 Å². The molecule has 1 fully saturated rings. The minimum atomic E-state index is 0.138. The number of thiophene rings is 1. The number of carbonyl (C=O) groups is 1. The number of carbonyl (C=O) groups excluding carboxylic acids is 1. The van der Waals surface area contributed by atoms with Gasteiger partial charge in [-0.2, -0.15) is 5.10 Å². The Morgan fingerprint density at radius 2 is 2.07 bits per heavy atom.